The lowest BCUT2D eigenvalue weighted by atomic mass is 10.2. The van der Waals surface area contributed by atoms with Crippen LogP contribution in [0.5, 0.6) is 0 Å². The second-order valence-corrected chi connectivity index (χ2v) is 2.42. The van der Waals surface area contributed by atoms with Crippen molar-refractivity contribution in [2.75, 3.05) is 5.32 Å². The number of carboxylic acid groups (broad SMARTS) is 1. The normalized spacial score (nSPS) is 9.14. The minimum Gasteiger partial charge on any atom is -0.478 e. The van der Waals surface area contributed by atoms with Gasteiger partial charge in [0.05, 0.1) is 5.69 Å². The summed E-state index contributed by atoms with van der Waals surface area (Å²) in [4.78, 5) is 25.2. The van der Waals surface area contributed by atoms with E-state index in [1.165, 1.54) is 18.5 Å². The molecule has 72 valence electrons. The number of carboxylic acids is 1. The fourth-order valence-corrected chi connectivity index (χ4v) is 0.858. The summed E-state index contributed by atoms with van der Waals surface area (Å²) in [5, 5.41) is 11.1. The summed E-state index contributed by atoms with van der Waals surface area (Å²) < 4.78 is 0. The monoisotopic (exact) mass is 192 g/mol. The zero-order valence-corrected chi connectivity index (χ0v) is 7.23. The van der Waals surface area contributed by atoms with E-state index in [2.05, 4.69) is 16.9 Å². The molecule has 1 aromatic rings. The molecule has 0 spiro atoms. The fourth-order valence-electron chi connectivity index (χ4n) is 0.858. The van der Waals surface area contributed by atoms with Crippen molar-refractivity contribution in [1.29, 1.82) is 0 Å². The molecule has 0 aliphatic carbocycles. The van der Waals surface area contributed by atoms with Crippen LogP contribution in [-0.2, 0) is 4.79 Å². The summed E-state index contributed by atoms with van der Waals surface area (Å²) in [5.74, 6) is -1.60. The van der Waals surface area contributed by atoms with Gasteiger partial charge >= 0.3 is 5.97 Å². The molecule has 0 radical (unpaired) electrons. The topological polar surface area (TPSA) is 79.3 Å². The number of nitrogens with one attached hydrogen (secondary N) is 1. The van der Waals surface area contributed by atoms with Gasteiger partial charge in [0.15, 0.2) is 0 Å². The highest BCUT2D eigenvalue weighted by molar-refractivity contribution is 6.03. The molecule has 0 bridgehead atoms. The highest BCUT2D eigenvalue weighted by atomic mass is 16.4. The Bertz CT molecular complexity index is 387. The number of carbonyl (C=O) groups excluding carboxylic acids is 1. The Morgan fingerprint density at radius 3 is 2.86 bits per heavy atom. The average molecular weight is 192 g/mol. The number of hydrogen-bond acceptors (Lipinski definition) is 3. The van der Waals surface area contributed by atoms with Crippen LogP contribution >= 0.6 is 0 Å². The molecule has 2 N–H and O–H groups in total. The van der Waals surface area contributed by atoms with Gasteiger partial charge in [-0.2, -0.15) is 0 Å². The first-order valence-electron chi connectivity index (χ1n) is 3.76. The second kappa shape index (κ2) is 4.18. The van der Waals surface area contributed by atoms with Gasteiger partial charge in [0.25, 0.3) is 0 Å². The molecule has 5 heteroatoms. The minimum absolute atomic E-state index is 0.0531. The molecule has 1 amide bonds. The molecule has 0 saturated heterocycles. The van der Waals surface area contributed by atoms with E-state index >= 15 is 0 Å². The number of anilines is 1. The van der Waals surface area contributed by atoms with Crippen LogP contribution < -0.4 is 5.32 Å². The Hall–Kier alpha value is -2.17. The summed E-state index contributed by atoms with van der Waals surface area (Å²) in [6.07, 6.45) is 3.62. The number of aromatic carboxylic acids is 1. The molecule has 0 atom stereocenters. The lowest BCUT2D eigenvalue weighted by Gasteiger charge is -2.04. The Morgan fingerprint density at radius 2 is 2.29 bits per heavy atom. The molecule has 5 nitrogen and oxygen atoms in total. The molecule has 14 heavy (non-hydrogen) atoms. The van der Waals surface area contributed by atoms with E-state index in [0.29, 0.717) is 0 Å². The van der Waals surface area contributed by atoms with Crippen LogP contribution in [0, 0.1) is 0 Å². The third-order valence-corrected chi connectivity index (χ3v) is 1.49. The van der Waals surface area contributed by atoms with Gasteiger partial charge in [-0.05, 0) is 12.1 Å². The first-order chi connectivity index (χ1) is 6.65. The van der Waals surface area contributed by atoms with Crippen LogP contribution in [0.3, 0.4) is 0 Å². The van der Waals surface area contributed by atoms with E-state index < -0.39 is 11.9 Å². The van der Waals surface area contributed by atoms with Gasteiger partial charge in [0, 0.05) is 12.4 Å². The van der Waals surface area contributed by atoms with Crippen LogP contribution in [0.2, 0.25) is 0 Å². The fraction of sp³-hybridized carbons (Fsp3) is 0. The number of rotatable bonds is 3. The lowest BCUT2D eigenvalue weighted by Crippen LogP contribution is -2.11. The third-order valence-electron chi connectivity index (χ3n) is 1.49. The van der Waals surface area contributed by atoms with Gasteiger partial charge in [-0.15, -0.1) is 0 Å². The number of nitrogens with zero attached hydrogens (tertiary/aromatic N) is 1. The zero-order chi connectivity index (χ0) is 10.6. The standard InChI is InChI=1S/C9H8N2O3/c1-2-8(12)11-7-3-4-10-5-6(7)9(13)14/h2-5H,1H2,(H,13,14)(H,10,11,12). The highest BCUT2D eigenvalue weighted by Crippen LogP contribution is 2.12. The molecule has 0 saturated carbocycles. The number of hydrogen-bond donors (Lipinski definition) is 2. The number of pyridine rings is 1. The Balaban J connectivity index is 3.01. The van der Waals surface area contributed by atoms with E-state index in [-0.39, 0.29) is 11.3 Å². The number of carbonyl (C=O) groups is 2. The largest absolute Gasteiger partial charge is 0.478 e. The summed E-state index contributed by atoms with van der Waals surface area (Å²) in [6.45, 7) is 3.26. The van der Waals surface area contributed by atoms with Crippen molar-refractivity contribution in [3.8, 4) is 0 Å². The second-order valence-electron chi connectivity index (χ2n) is 2.42. The van der Waals surface area contributed by atoms with Gasteiger partial charge in [0.2, 0.25) is 5.91 Å². The quantitative estimate of drug-likeness (QED) is 0.697. The van der Waals surface area contributed by atoms with E-state index in [4.69, 9.17) is 5.11 Å². The number of aromatic nitrogens is 1. The predicted octanol–water partition coefficient (Wildman–Crippen LogP) is 0.904. The average Bonchev–Trinajstić information content (AvgIpc) is 2.18. The van der Waals surface area contributed by atoms with Crippen molar-refractivity contribution in [2.45, 2.75) is 0 Å². The molecule has 0 fully saturated rings. The van der Waals surface area contributed by atoms with E-state index in [0.717, 1.165) is 6.08 Å². The Labute approximate surface area is 80.1 Å². The number of amides is 1. The summed E-state index contributed by atoms with van der Waals surface area (Å²) in [7, 11) is 0. The van der Waals surface area contributed by atoms with Crippen molar-refractivity contribution in [1.82, 2.24) is 4.98 Å². The third kappa shape index (κ3) is 2.16. The molecular weight excluding hydrogens is 184 g/mol. The van der Waals surface area contributed by atoms with Crippen molar-refractivity contribution in [3.63, 3.8) is 0 Å². The van der Waals surface area contributed by atoms with Crippen LogP contribution in [0.25, 0.3) is 0 Å². The predicted molar refractivity (Wildman–Crippen MR) is 50.0 cm³/mol. The maximum absolute atomic E-state index is 10.9. The van der Waals surface area contributed by atoms with E-state index in [9.17, 15) is 9.59 Å². The molecule has 0 aliphatic heterocycles. The van der Waals surface area contributed by atoms with Gasteiger partial charge in [0.1, 0.15) is 5.56 Å². The molecule has 0 aliphatic rings. The summed E-state index contributed by atoms with van der Waals surface area (Å²) in [5.41, 5.74) is 0.153. The maximum Gasteiger partial charge on any atom is 0.339 e. The lowest BCUT2D eigenvalue weighted by molar-refractivity contribution is -0.111. The van der Waals surface area contributed by atoms with Crippen molar-refractivity contribution >= 4 is 17.6 Å². The van der Waals surface area contributed by atoms with Gasteiger partial charge < -0.3 is 10.4 Å². The van der Waals surface area contributed by atoms with Gasteiger partial charge in [-0.25, -0.2) is 4.79 Å². The van der Waals surface area contributed by atoms with Crippen LogP contribution in [0.4, 0.5) is 5.69 Å². The van der Waals surface area contributed by atoms with Crippen molar-refractivity contribution in [2.24, 2.45) is 0 Å². The molecule has 1 rings (SSSR count). The molecule has 0 aromatic carbocycles. The minimum atomic E-state index is -1.14. The Kier molecular flexibility index (Phi) is 2.96. The maximum atomic E-state index is 10.9. The Morgan fingerprint density at radius 1 is 1.57 bits per heavy atom. The SMILES string of the molecule is C=CC(=O)Nc1ccncc1C(=O)O. The van der Waals surface area contributed by atoms with E-state index in [1.807, 2.05) is 0 Å². The first kappa shape index (κ1) is 9.91. The van der Waals surface area contributed by atoms with Crippen molar-refractivity contribution < 1.29 is 14.7 Å². The van der Waals surface area contributed by atoms with Gasteiger partial charge in [-0.1, -0.05) is 6.58 Å². The molecular formula is C9H8N2O3. The summed E-state index contributed by atoms with van der Waals surface area (Å²) >= 11 is 0. The first-order valence-corrected chi connectivity index (χ1v) is 3.76. The molecule has 1 aromatic heterocycles. The highest BCUT2D eigenvalue weighted by Gasteiger charge is 2.10. The molecule has 0 unspecified atom stereocenters. The molecule has 1 heterocycles. The zero-order valence-electron chi connectivity index (χ0n) is 7.23. The van der Waals surface area contributed by atoms with Crippen molar-refractivity contribution in [3.05, 3.63) is 36.7 Å². The van der Waals surface area contributed by atoms with Crippen LogP contribution in [-0.4, -0.2) is 22.0 Å². The van der Waals surface area contributed by atoms with Crippen LogP contribution in [0.1, 0.15) is 10.4 Å². The smallest absolute Gasteiger partial charge is 0.339 e. The van der Waals surface area contributed by atoms with E-state index in [1.54, 1.807) is 0 Å². The van der Waals surface area contributed by atoms with Gasteiger partial charge in [-0.3, -0.25) is 9.78 Å². The summed E-state index contributed by atoms with van der Waals surface area (Å²) in [6, 6.07) is 1.41. The van der Waals surface area contributed by atoms with Crippen LogP contribution in [0.15, 0.2) is 31.1 Å².